The van der Waals surface area contributed by atoms with Gasteiger partial charge in [-0.3, -0.25) is 10.1 Å². The van der Waals surface area contributed by atoms with E-state index in [4.69, 9.17) is 16.3 Å². The Balaban J connectivity index is 2.73. The average Bonchev–Trinajstić information content (AvgIpc) is 2.38. The Morgan fingerprint density at radius 2 is 2.16 bits per heavy atom. The van der Waals surface area contributed by atoms with Crippen LogP contribution in [0.1, 0.15) is 0 Å². The number of methoxy groups -OCH3 is 1. The molecular formula is C11H7ClFN3O3. The predicted molar refractivity (Wildman–Crippen MR) is 65.6 cm³/mol. The number of rotatable bonds is 3. The van der Waals surface area contributed by atoms with Crippen LogP contribution in [0.5, 0.6) is 5.75 Å². The lowest BCUT2D eigenvalue weighted by Crippen LogP contribution is -2.00. The van der Waals surface area contributed by atoms with Gasteiger partial charge in [-0.15, -0.1) is 0 Å². The maximum atomic E-state index is 14.1. The summed E-state index contributed by atoms with van der Waals surface area (Å²) in [5, 5.41) is 10.6. The van der Waals surface area contributed by atoms with Gasteiger partial charge in [0.15, 0.2) is 17.3 Å². The van der Waals surface area contributed by atoms with Crippen molar-refractivity contribution < 1.29 is 14.1 Å². The van der Waals surface area contributed by atoms with E-state index >= 15 is 0 Å². The van der Waals surface area contributed by atoms with Crippen LogP contribution >= 0.6 is 11.6 Å². The molecule has 0 radical (unpaired) electrons. The number of benzene rings is 1. The summed E-state index contributed by atoms with van der Waals surface area (Å²) in [5.74, 6) is -0.788. The molecule has 0 bridgehead atoms. The van der Waals surface area contributed by atoms with Crippen molar-refractivity contribution in [1.29, 1.82) is 0 Å². The van der Waals surface area contributed by atoms with Crippen LogP contribution in [0.25, 0.3) is 11.3 Å². The van der Waals surface area contributed by atoms with Gasteiger partial charge < -0.3 is 4.74 Å². The first-order valence-electron chi connectivity index (χ1n) is 5.04. The molecule has 0 atom stereocenters. The van der Waals surface area contributed by atoms with E-state index in [0.29, 0.717) is 0 Å². The van der Waals surface area contributed by atoms with Crippen molar-refractivity contribution in [2.24, 2.45) is 0 Å². The molecule has 1 aromatic carbocycles. The summed E-state index contributed by atoms with van der Waals surface area (Å²) >= 11 is 5.65. The van der Waals surface area contributed by atoms with E-state index in [9.17, 15) is 14.5 Å². The first-order chi connectivity index (χ1) is 9.06. The lowest BCUT2D eigenvalue weighted by Gasteiger charge is -2.07. The third-order valence-electron chi connectivity index (χ3n) is 2.40. The number of aromatic nitrogens is 2. The molecule has 0 aliphatic heterocycles. The zero-order valence-corrected chi connectivity index (χ0v) is 10.4. The number of hydrogen-bond donors (Lipinski definition) is 0. The Labute approximate surface area is 112 Å². The van der Waals surface area contributed by atoms with Crippen LogP contribution in [-0.4, -0.2) is 22.0 Å². The van der Waals surface area contributed by atoms with Gasteiger partial charge in [-0.05, 0) is 12.1 Å². The number of halogens is 2. The number of nitro groups is 1. The minimum atomic E-state index is -0.753. The Morgan fingerprint density at radius 3 is 2.79 bits per heavy atom. The minimum absolute atomic E-state index is 0.0402. The largest absolute Gasteiger partial charge is 0.494 e. The second kappa shape index (κ2) is 5.15. The first kappa shape index (κ1) is 13.2. The molecule has 1 heterocycles. The van der Waals surface area contributed by atoms with Gasteiger partial charge >= 0.3 is 5.69 Å². The van der Waals surface area contributed by atoms with E-state index in [2.05, 4.69) is 9.97 Å². The highest BCUT2D eigenvalue weighted by molar-refractivity contribution is 6.31. The highest BCUT2D eigenvalue weighted by Crippen LogP contribution is 2.35. The fraction of sp³-hybridized carbons (Fsp3) is 0.0909. The number of nitrogens with zero attached hydrogens (tertiary/aromatic N) is 3. The van der Waals surface area contributed by atoms with Crippen molar-refractivity contribution in [3.05, 3.63) is 45.6 Å². The van der Waals surface area contributed by atoms with Crippen molar-refractivity contribution in [2.45, 2.75) is 0 Å². The molecule has 6 nitrogen and oxygen atoms in total. The van der Waals surface area contributed by atoms with Crippen LogP contribution in [0.3, 0.4) is 0 Å². The van der Waals surface area contributed by atoms with E-state index in [-0.39, 0.29) is 22.2 Å². The Morgan fingerprint density at radius 1 is 1.42 bits per heavy atom. The molecule has 2 rings (SSSR count). The Kier molecular flexibility index (Phi) is 3.57. The van der Waals surface area contributed by atoms with Gasteiger partial charge in [-0.2, -0.15) is 0 Å². The molecule has 0 N–H and O–H groups in total. The molecule has 8 heteroatoms. The molecule has 19 heavy (non-hydrogen) atoms. The second-order valence-electron chi connectivity index (χ2n) is 3.44. The molecule has 0 saturated carbocycles. The van der Waals surface area contributed by atoms with Crippen molar-refractivity contribution in [3.8, 4) is 17.0 Å². The summed E-state index contributed by atoms with van der Waals surface area (Å²) in [7, 11) is 1.30. The highest BCUT2D eigenvalue weighted by atomic mass is 35.5. The maximum Gasteiger partial charge on any atom is 0.332 e. The van der Waals surface area contributed by atoms with E-state index < -0.39 is 16.4 Å². The van der Waals surface area contributed by atoms with Crippen LogP contribution in [-0.2, 0) is 0 Å². The highest BCUT2D eigenvalue weighted by Gasteiger charge is 2.25. The van der Waals surface area contributed by atoms with Gasteiger partial charge in [0, 0.05) is 5.56 Å². The molecule has 0 aliphatic carbocycles. The Bertz CT molecular complexity index is 651. The molecule has 1 aromatic heterocycles. The molecular weight excluding hydrogens is 277 g/mol. The summed E-state index contributed by atoms with van der Waals surface area (Å²) in [5.41, 5.74) is -0.812. The lowest BCUT2D eigenvalue weighted by atomic mass is 10.1. The standard InChI is InChI=1S/C11H7ClFN3O3/c1-19-7-4-2-3-6(8(7)13)9-10(16(17)18)11(12)15-5-14-9/h2-5H,1H3. The summed E-state index contributed by atoms with van der Waals surface area (Å²) in [6.07, 6.45) is 1.03. The summed E-state index contributed by atoms with van der Waals surface area (Å²) in [6.45, 7) is 0. The van der Waals surface area contributed by atoms with Crippen molar-refractivity contribution >= 4 is 17.3 Å². The molecule has 0 spiro atoms. The molecule has 98 valence electrons. The normalized spacial score (nSPS) is 10.3. The topological polar surface area (TPSA) is 78.2 Å². The quantitative estimate of drug-likeness (QED) is 0.492. The van der Waals surface area contributed by atoms with Gasteiger partial charge in [0.25, 0.3) is 0 Å². The summed E-state index contributed by atoms with van der Waals surface area (Å²) in [4.78, 5) is 17.5. The van der Waals surface area contributed by atoms with Crippen LogP contribution in [0, 0.1) is 15.9 Å². The smallest absolute Gasteiger partial charge is 0.332 e. The molecule has 0 unspecified atom stereocenters. The molecule has 0 amide bonds. The third kappa shape index (κ3) is 2.32. The molecule has 0 saturated heterocycles. The summed E-state index contributed by atoms with van der Waals surface area (Å²) in [6, 6.07) is 4.24. The molecule has 0 fully saturated rings. The van der Waals surface area contributed by atoms with Gasteiger partial charge in [0.1, 0.15) is 6.33 Å². The molecule has 0 aliphatic rings. The van der Waals surface area contributed by atoms with Gasteiger partial charge in [-0.25, -0.2) is 14.4 Å². The third-order valence-corrected chi connectivity index (χ3v) is 2.68. The average molecular weight is 284 g/mol. The van der Waals surface area contributed by atoms with Crippen molar-refractivity contribution in [3.63, 3.8) is 0 Å². The van der Waals surface area contributed by atoms with E-state index in [1.54, 1.807) is 0 Å². The second-order valence-corrected chi connectivity index (χ2v) is 3.80. The van der Waals surface area contributed by atoms with Crippen molar-refractivity contribution in [2.75, 3.05) is 7.11 Å². The predicted octanol–water partition coefficient (Wildman–Crippen LogP) is 2.85. The SMILES string of the molecule is COc1cccc(-c2ncnc(Cl)c2[N+](=O)[O-])c1F. The van der Waals surface area contributed by atoms with Crippen LogP contribution in [0.4, 0.5) is 10.1 Å². The first-order valence-corrected chi connectivity index (χ1v) is 5.41. The van der Waals surface area contributed by atoms with Gasteiger partial charge in [0.05, 0.1) is 12.0 Å². The van der Waals surface area contributed by atoms with E-state index in [1.165, 1.54) is 25.3 Å². The monoisotopic (exact) mass is 283 g/mol. The number of ether oxygens (including phenoxy) is 1. The fourth-order valence-corrected chi connectivity index (χ4v) is 1.77. The fourth-order valence-electron chi connectivity index (χ4n) is 1.57. The zero-order valence-electron chi connectivity index (χ0n) is 9.63. The van der Waals surface area contributed by atoms with Crippen LogP contribution < -0.4 is 4.74 Å². The van der Waals surface area contributed by atoms with Gasteiger partial charge in [0.2, 0.25) is 5.15 Å². The maximum absolute atomic E-state index is 14.1. The number of hydrogen-bond acceptors (Lipinski definition) is 5. The lowest BCUT2D eigenvalue weighted by molar-refractivity contribution is -0.384. The molecule has 2 aromatic rings. The van der Waals surface area contributed by atoms with Crippen LogP contribution in [0.2, 0.25) is 5.15 Å². The van der Waals surface area contributed by atoms with Crippen LogP contribution in [0.15, 0.2) is 24.5 Å². The zero-order chi connectivity index (χ0) is 14.0. The van der Waals surface area contributed by atoms with E-state index in [0.717, 1.165) is 6.33 Å². The minimum Gasteiger partial charge on any atom is -0.494 e. The summed E-state index contributed by atoms with van der Waals surface area (Å²) < 4.78 is 18.9. The van der Waals surface area contributed by atoms with Crippen molar-refractivity contribution in [1.82, 2.24) is 9.97 Å². The van der Waals surface area contributed by atoms with E-state index in [1.807, 2.05) is 0 Å². The Hall–Kier alpha value is -2.28. The van der Waals surface area contributed by atoms with Gasteiger partial charge in [-0.1, -0.05) is 17.7 Å².